The molecule has 1 heterocycles. The first-order chi connectivity index (χ1) is 6.67. The highest BCUT2D eigenvalue weighted by Gasteiger charge is 2.11. The van der Waals surface area contributed by atoms with Crippen LogP contribution in [0.5, 0.6) is 0 Å². The van der Waals surface area contributed by atoms with E-state index in [0.29, 0.717) is 17.9 Å². The van der Waals surface area contributed by atoms with Crippen molar-refractivity contribution in [3.05, 3.63) is 5.89 Å². The van der Waals surface area contributed by atoms with Crippen molar-refractivity contribution < 1.29 is 4.42 Å². The Kier molecular flexibility index (Phi) is 3.88. The Hall–Kier alpha value is -1.10. The summed E-state index contributed by atoms with van der Waals surface area (Å²) in [6, 6.07) is 0.641. The average molecular weight is 198 g/mol. The summed E-state index contributed by atoms with van der Waals surface area (Å²) in [5.41, 5.74) is 5.60. The van der Waals surface area contributed by atoms with Gasteiger partial charge in [-0.1, -0.05) is 18.9 Å². The molecule has 1 aromatic heterocycles. The first kappa shape index (κ1) is 11.0. The van der Waals surface area contributed by atoms with Gasteiger partial charge in [0.1, 0.15) is 0 Å². The van der Waals surface area contributed by atoms with Crippen LogP contribution in [0.3, 0.4) is 0 Å². The maximum absolute atomic E-state index is 5.60. The van der Waals surface area contributed by atoms with Crippen LogP contribution < -0.4 is 11.1 Å². The number of nitrogens with zero attached hydrogens (tertiary/aromatic N) is 2. The molecule has 1 aromatic rings. The number of hydrogen-bond acceptors (Lipinski definition) is 5. The van der Waals surface area contributed by atoms with Crippen LogP contribution in [0, 0.1) is 0 Å². The summed E-state index contributed by atoms with van der Waals surface area (Å²) in [6.45, 7) is 6.04. The van der Waals surface area contributed by atoms with Crippen molar-refractivity contribution in [1.82, 2.24) is 10.2 Å². The lowest BCUT2D eigenvalue weighted by atomic mass is 10.2. The van der Waals surface area contributed by atoms with Crippen LogP contribution in [0.1, 0.15) is 45.5 Å². The van der Waals surface area contributed by atoms with Crippen molar-refractivity contribution in [3.63, 3.8) is 0 Å². The van der Waals surface area contributed by atoms with Crippen molar-refractivity contribution >= 4 is 6.01 Å². The highest BCUT2D eigenvalue weighted by atomic mass is 16.4. The lowest BCUT2D eigenvalue weighted by Gasteiger charge is -2.11. The summed E-state index contributed by atoms with van der Waals surface area (Å²) in [6.07, 6.45) is 2.07. The second-order valence-electron chi connectivity index (χ2n) is 3.39. The molecular weight excluding hydrogens is 180 g/mol. The fraction of sp³-hybridized carbons (Fsp3) is 0.778. The minimum absolute atomic E-state index is 0.209. The minimum atomic E-state index is -0.209. The number of anilines is 1. The van der Waals surface area contributed by atoms with Gasteiger partial charge in [0, 0.05) is 6.04 Å². The molecule has 0 aromatic carbocycles. The van der Waals surface area contributed by atoms with Crippen LogP contribution in [0.2, 0.25) is 0 Å². The molecule has 0 saturated carbocycles. The lowest BCUT2D eigenvalue weighted by molar-refractivity contribution is 0.466. The maximum atomic E-state index is 5.60. The highest BCUT2D eigenvalue weighted by Crippen LogP contribution is 2.13. The molecule has 0 aliphatic heterocycles. The predicted octanol–water partition coefficient (Wildman–Crippen LogP) is 1.69. The van der Waals surface area contributed by atoms with E-state index < -0.39 is 0 Å². The molecule has 1 unspecified atom stereocenters. The van der Waals surface area contributed by atoms with Crippen LogP contribution in [-0.4, -0.2) is 16.2 Å². The van der Waals surface area contributed by atoms with Crippen LogP contribution in [0.15, 0.2) is 4.42 Å². The van der Waals surface area contributed by atoms with Crippen LogP contribution in [-0.2, 0) is 0 Å². The second kappa shape index (κ2) is 4.95. The van der Waals surface area contributed by atoms with E-state index in [-0.39, 0.29) is 6.04 Å². The molecule has 0 aliphatic carbocycles. The fourth-order valence-electron chi connectivity index (χ4n) is 1.14. The zero-order valence-electron chi connectivity index (χ0n) is 8.95. The molecule has 0 aliphatic rings. The van der Waals surface area contributed by atoms with Crippen LogP contribution in [0.25, 0.3) is 0 Å². The summed E-state index contributed by atoms with van der Waals surface area (Å²) < 4.78 is 5.32. The molecular formula is C9H18N4O. The van der Waals surface area contributed by atoms with Crippen molar-refractivity contribution in [2.75, 3.05) is 5.32 Å². The molecule has 0 saturated heterocycles. The average Bonchev–Trinajstić information content (AvgIpc) is 2.62. The molecule has 0 amide bonds. The van der Waals surface area contributed by atoms with E-state index >= 15 is 0 Å². The lowest BCUT2D eigenvalue weighted by Crippen LogP contribution is -2.17. The predicted molar refractivity (Wildman–Crippen MR) is 54.9 cm³/mol. The van der Waals surface area contributed by atoms with Gasteiger partial charge in [0.15, 0.2) is 0 Å². The van der Waals surface area contributed by atoms with Gasteiger partial charge in [0.25, 0.3) is 0 Å². The van der Waals surface area contributed by atoms with Crippen LogP contribution >= 0.6 is 0 Å². The first-order valence-electron chi connectivity index (χ1n) is 5.02. The Morgan fingerprint density at radius 3 is 2.43 bits per heavy atom. The summed E-state index contributed by atoms with van der Waals surface area (Å²) in [4.78, 5) is 0. The molecule has 0 radical (unpaired) electrons. The van der Waals surface area contributed by atoms with E-state index in [0.717, 1.165) is 12.8 Å². The van der Waals surface area contributed by atoms with Crippen molar-refractivity contribution in [1.29, 1.82) is 0 Å². The molecule has 1 rings (SSSR count). The van der Waals surface area contributed by atoms with E-state index in [1.54, 1.807) is 0 Å². The van der Waals surface area contributed by atoms with Crippen molar-refractivity contribution in [2.24, 2.45) is 5.73 Å². The van der Waals surface area contributed by atoms with Gasteiger partial charge in [-0.15, -0.1) is 5.10 Å². The standard InChI is InChI=1S/C9H18N4O/c1-4-7(5-2)11-9-13-12-8(14-9)6(3)10/h6-7H,4-5,10H2,1-3H3,(H,11,13). The van der Waals surface area contributed by atoms with Crippen molar-refractivity contribution in [3.8, 4) is 0 Å². The van der Waals surface area contributed by atoms with Gasteiger partial charge < -0.3 is 15.5 Å². The third-order valence-corrected chi connectivity index (χ3v) is 2.14. The number of rotatable bonds is 5. The molecule has 14 heavy (non-hydrogen) atoms. The first-order valence-corrected chi connectivity index (χ1v) is 5.02. The van der Waals surface area contributed by atoms with E-state index in [1.165, 1.54) is 0 Å². The minimum Gasteiger partial charge on any atom is -0.406 e. The van der Waals surface area contributed by atoms with Gasteiger partial charge in [-0.25, -0.2) is 0 Å². The topological polar surface area (TPSA) is 77.0 Å². The number of aromatic nitrogens is 2. The van der Waals surface area contributed by atoms with Gasteiger partial charge in [0.2, 0.25) is 5.89 Å². The Morgan fingerprint density at radius 2 is 2.00 bits per heavy atom. The Balaban J connectivity index is 2.58. The van der Waals surface area contributed by atoms with E-state index in [9.17, 15) is 0 Å². The Morgan fingerprint density at radius 1 is 1.36 bits per heavy atom. The summed E-state index contributed by atoms with van der Waals surface area (Å²) >= 11 is 0. The fourth-order valence-corrected chi connectivity index (χ4v) is 1.14. The van der Waals surface area contributed by atoms with Gasteiger partial charge in [-0.05, 0) is 19.8 Å². The zero-order chi connectivity index (χ0) is 10.6. The third kappa shape index (κ3) is 2.70. The van der Waals surface area contributed by atoms with Gasteiger partial charge in [-0.2, -0.15) is 0 Å². The molecule has 0 fully saturated rings. The Bertz CT molecular complexity index is 268. The monoisotopic (exact) mass is 198 g/mol. The second-order valence-corrected chi connectivity index (χ2v) is 3.39. The summed E-state index contributed by atoms with van der Waals surface area (Å²) in [5, 5.41) is 10.9. The highest BCUT2D eigenvalue weighted by molar-refractivity contribution is 5.19. The van der Waals surface area contributed by atoms with Crippen LogP contribution in [0.4, 0.5) is 6.01 Å². The zero-order valence-corrected chi connectivity index (χ0v) is 8.95. The van der Waals surface area contributed by atoms with Gasteiger partial charge in [0.05, 0.1) is 6.04 Å². The largest absolute Gasteiger partial charge is 0.406 e. The molecule has 0 bridgehead atoms. The summed E-state index contributed by atoms with van der Waals surface area (Å²) in [7, 11) is 0. The maximum Gasteiger partial charge on any atom is 0.315 e. The van der Waals surface area contributed by atoms with Gasteiger partial charge in [-0.3, -0.25) is 0 Å². The molecule has 3 N–H and O–H groups in total. The number of nitrogens with two attached hydrogens (primary N) is 1. The normalized spacial score (nSPS) is 13.2. The summed E-state index contributed by atoms with van der Waals surface area (Å²) in [5.74, 6) is 0.471. The smallest absolute Gasteiger partial charge is 0.315 e. The van der Waals surface area contributed by atoms with Crippen molar-refractivity contribution in [2.45, 2.75) is 45.7 Å². The van der Waals surface area contributed by atoms with Gasteiger partial charge >= 0.3 is 6.01 Å². The molecule has 80 valence electrons. The Labute approximate surface area is 84.1 Å². The quantitative estimate of drug-likeness (QED) is 0.752. The number of nitrogens with one attached hydrogen (secondary N) is 1. The van der Waals surface area contributed by atoms with E-state index in [4.69, 9.17) is 10.2 Å². The third-order valence-electron chi connectivity index (χ3n) is 2.14. The molecule has 0 spiro atoms. The molecule has 5 nitrogen and oxygen atoms in total. The van der Waals surface area contributed by atoms with E-state index in [1.807, 2.05) is 6.92 Å². The molecule has 1 atom stereocenters. The molecule has 5 heteroatoms. The number of hydrogen-bond donors (Lipinski definition) is 2. The SMILES string of the molecule is CCC(CC)Nc1nnc(C(C)N)o1. The van der Waals surface area contributed by atoms with E-state index in [2.05, 4.69) is 29.4 Å².